The molecule has 0 saturated heterocycles. The van der Waals surface area contributed by atoms with Crippen LogP contribution in [0.1, 0.15) is 52.9 Å². The maximum Gasteiger partial charge on any atom is 0.258 e. The molecule has 1 heterocycles. The van der Waals surface area contributed by atoms with Gasteiger partial charge in [-0.05, 0) is 25.5 Å². The quantitative estimate of drug-likeness (QED) is 0.941. The highest BCUT2D eigenvalue weighted by atomic mass is 16.2. The highest BCUT2D eigenvalue weighted by Gasteiger charge is 2.31. The normalized spacial score (nSPS) is 13.1. The van der Waals surface area contributed by atoms with Crippen LogP contribution < -0.4 is 5.56 Å². The molecule has 1 atom stereocenters. The lowest BCUT2D eigenvalue weighted by Crippen LogP contribution is -2.42. The van der Waals surface area contributed by atoms with Gasteiger partial charge in [-0.3, -0.25) is 9.59 Å². The molecule has 0 aliphatic carbocycles. The lowest BCUT2D eigenvalue weighted by atomic mass is 9.93. The van der Waals surface area contributed by atoms with E-state index < -0.39 is 5.41 Å². The molecule has 23 heavy (non-hydrogen) atoms. The Kier molecular flexibility index (Phi) is 4.88. The number of aromatic amines is 1. The second-order valence-corrected chi connectivity index (χ2v) is 6.89. The van der Waals surface area contributed by atoms with Gasteiger partial charge in [0.15, 0.2) is 0 Å². The first-order chi connectivity index (χ1) is 10.8. The van der Waals surface area contributed by atoms with Gasteiger partial charge in [-0.15, -0.1) is 0 Å². The van der Waals surface area contributed by atoms with Crippen molar-refractivity contribution in [3.05, 3.63) is 40.4 Å². The summed E-state index contributed by atoms with van der Waals surface area (Å²) < 4.78 is 0. The molecule has 1 aromatic heterocycles. The standard InChI is InChI=1S/C18H25N3O2/c1-6-11-21(17(23)18(3,4)5)12(2)15-19-14-10-8-7-9-13(14)16(22)20-15/h7-10,12H,6,11H2,1-5H3,(H,19,20,22). The Labute approximate surface area is 136 Å². The molecule has 124 valence electrons. The van der Waals surface area contributed by atoms with Gasteiger partial charge in [0.05, 0.1) is 16.9 Å². The van der Waals surface area contributed by atoms with Crippen molar-refractivity contribution < 1.29 is 4.79 Å². The SMILES string of the molecule is CCCN(C(=O)C(C)(C)C)C(C)c1nc2ccccc2c(=O)[nH]1. The number of carbonyl (C=O) groups excluding carboxylic acids is 1. The number of benzene rings is 1. The molecule has 0 aliphatic rings. The maximum absolute atomic E-state index is 12.7. The molecule has 5 nitrogen and oxygen atoms in total. The Morgan fingerprint density at radius 1 is 1.30 bits per heavy atom. The average molecular weight is 315 g/mol. The van der Waals surface area contributed by atoms with E-state index in [-0.39, 0.29) is 17.5 Å². The van der Waals surface area contributed by atoms with Gasteiger partial charge in [-0.1, -0.05) is 39.8 Å². The van der Waals surface area contributed by atoms with E-state index in [0.29, 0.717) is 23.3 Å². The van der Waals surface area contributed by atoms with Crippen LogP contribution in [-0.2, 0) is 4.79 Å². The average Bonchev–Trinajstić information content (AvgIpc) is 2.50. The minimum Gasteiger partial charge on any atom is -0.332 e. The third kappa shape index (κ3) is 3.60. The number of hydrogen-bond donors (Lipinski definition) is 1. The molecule has 0 bridgehead atoms. The van der Waals surface area contributed by atoms with Crippen molar-refractivity contribution in [2.24, 2.45) is 5.41 Å². The number of fused-ring (bicyclic) bond motifs is 1. The first kappa shape index (κ1) is 17.2. The molecular weight excluding hydrogens is 290 g/mol. The van der Waals surface area contributed by atoms with Crippen molar-refractivity contribution in [2.75, 3.05) is 6.54 Å². The minimum absolute atomic E-state index is 0.0580. The monoisotopic (exact) mass is 315 g/mol. The maximum atomic E-state index is 12.7. The summed E-state index contributed by atoms with van der Waals surface area (Å²) in [7, 11) is 0. The number of H-pyrrole nitrogens is 1. The summed E-state index contributed by atoms with van der Waals surface area (Å²) in [5.41, 5.74) is 0.00970. The summed E-state index contributed by atoms with van der Waals surface area (Å²) in [6, 6.07) is 6.96. The Bertz CT molecular complexity index is 759. The third-order valence-corrected chi connectivity index (χ3v) is 3.86. The molecule has 1 N–H and O–H groups in total. The van der Waals surface area contributed by atoms with Crippen molar-refractivity contribution in [2.45, 2.75) is 47.1 Å². The van der Waals surface area contributed by atoms with Gasteiger partial charge in [-0.2, -0.15) is 0 Å². The van der Waals surface area contributed by atoms with E-state index in [9.17, 15) is 9.59 Å². The number of nitrogens with zero attached hydrogens (tertiary/aromatic N) is 2. The second kappa shape index (κ2) is 6.52. The van der Waals surface area contributed by atoms with Gasteiger partial charge in [0, 0.05) is 12.0 Å². The number of aromatic nitrogens is 2. The summed E-state index contributed by atoms with van der Waals surface area (Å²) in [5, 5.41) is 0.563. The van der Waals surface area contributed by atoms with Gasteiger partial charge < -0.3 is 9.88 Å². The van der Waals surface area contributed by atoms with Crippen LogP contribution in [-0.4, -0.2) is 27.3 Å². The topological polar surface area (TPSA) is 66.1 Å². The van der Waals surface area contributed by atoms with Crippen molar-refractivity contribution in [3.8, 4) is 0 Å². The fourth-order valence-corrected chi connectivity index (χ4v) is 2.59. The number of hydrogen-bond acceptors (Lipinski definition) is 3. The number of carbonyl (C=O) groups is 1. The Balaban J connectivity index is 2.46. The van der Waals surface area contributed by atoms with Gasteiger partial charge in [0.25, 0.3) is 5.56 Å². The lowest BCUT2D eigenvalue weighted by molar-refractivity contribution is -0.142. The minimum atomic E-state index is -0.472. The summed E-state index contributed by atoms with van der Waals surface area (Å²) in [5.74, 6) is 0.586. The number of rotatable bonds is 4. The van der Waals surface area contributed by atoms with Gasteiger partial charge in [0.2, 0.25) is 5.91 Å². The van der Waals surface area contributed by atoms with E-state index in [4.69, 9.17) is 0 Å². The zero-order valence-electron chi connectivity index (χ0n) is 14.5. The molecule has 0 saturated carbocycles. The molecule has 0 fully saturated rings. The van der Waals surface area contributed by atoms with E-state index in [1.54, 1.807) is 11.0 Å². The highest BCUT2D eigenvalue weighted by molar-refractivity contribution is 5.82. The van der Waals surface area contributed by atoms with Crippen LogP contribution >= 0.6 is 0 Å². The van der Waals surface area contributed by atoms with E-state index in [1.807, 2.05) is 52.8 Å². The fraction of sp³-hybridized carbons (Fsp3) is 0.500. The summed E-state index contributed by atoms with van der Waals surface area (Å²) in [6.07, 6.45) is 0.851. The molecule has 0 aliphatic heterocycles. The van der Waals surface area contributed by atoms with Crippen molar-refractivity contribution >= 4 is 16.8 Å². The molecule has 1 unspecified atom stereocenters. The third-order valence-electron chi connectivity index (χ3n) is 3.86. The first-order valence-electron chi connectivity index (χ1n) is 8.05. The zero-order valence-corrected chi connectivity index (χ0v) is 14.5. The summed E-state index contributed by atoms with van der Waals surface area (Å²) in [4.78, 5) is 34.2. The van der Waals surface area contributed by atoms with Gasteiger partial charge in [0.1, 0.15) is 5.82 Å². The highest BCUT2D eigenvalue weighted by Crippen LogP contribution is 2.25. The van der Waals surface area contributed by atoms with Crippen LogP contribution in [0, 0.1) is 5.41 Å². The summed E-state index contributed by atoms with van der Waals surface area (Å²) in [6.45, 7) is 10.3. The molecule has 2 rings (SSSR count). The predicted molar refractivity (Wildman–Crippen MR) is 92.2 cm³/mol. The Morgan fingerprint density at radius 3 is 2.57 bits per heavy atom. The van der Waals surface area contributed by atoms with Crippen LogP contribution in [0.2, 0.25) is 0 Å². The Morgan fingerprint density at radius 2 is 1.96 bits per heavy atom. The largest absolute Gasteiger partial charge is 0.332 e. The lowest BCUT2D eigenvalue weighted by Gasteiger charge is -2.33. The van der Waals surface area contributed by atoms with E-state index in [1.165, 1.54) is 0 Å². The molecule has 0 spiro atoms. The first-order valence-corrected chi connectivity index (χ1v) is 8.05. The van der Waals surface area contributed by atoms with Crippen LogP contribution in [0.4, 0.5) is 0 Å². The molecule has 2 aromatic rings. The van der Waals surface area contributed by atoms with E-state index >= 15 is 0 Å². The zero-order chi connectivity index (χ0) is 17.2. The Hall–Kier alpha value is -2.17. The number of amides is 1. The van der Waals surface area contributed by atoms with Crippen LogP contribution in [0.5, 0.6) is 0 Å². The molecule has 5 heteroatoms. The van der Waals surface area contributed by atoms with E-state index in [0.717, 1.165) is 6.42 Å². The van der Waals surface area contributed by atoms with Crippen molar-refractivity contribution in [1.82, 2.24) is 14.9 Å². The van der Waals surface area contributed by atoms with Crippen molar-refractivity contribution in [1.29, 1.82) is 0 Å². The molecule has 0 radical (unpaired) electrons. The van der Waals surface area contributed by atoms with Crippen LogP contribution in [0.25, 0.3) is 10.9 Å². The van der Waals surface area contributed by atoms with Crippen LogP contribution in [0.15, 0.2) is 29.1 Å². The second-order valence-electron chi connectivity index (χ2n) is 6.89. The van der Waals surface area contributed by atoms with E-state index in [2.05, 4.69) is 9.97 Å². The number of nitrogens with one attached hydrogen (secondary N) is 1. The van der Waals surface area contributed by atoms with Gasteiger partial charge in [-0.25, -0.2) is 4.98 Å². The fourth-order valence-electron chi connectivity index (χ4n) is 2.59. The molecule has 1 amide bonds. The number of para-hydroxylation sites is 1. The predicted octanol–water partition coefficient (Wildman–Crippen LogP) is 3.27. The smallest absolute Gasteiger partial charge is 0.258 e. The van der Waals surface area contributed by atoms with Crippen molar-refractivity contribution in [3.63, 3.8) is 0 Å². The van der Waals surface area contributed by atoms with Gasteiger partial charge >= 0.3 is 0 Å². The summed E-state index contributed by atoms with van der Waals surface area (Å²) >= 11 is 0. The van der Waals surface area contributed by atoms with Crippen LogP contribution in [0.3, 0.4) is 0 Å². The molecular formula is C18H25N3O2. The molecule has 1 aromatic carbocycles.